The molecule has 0 saturated heterocycles. The van der Waals surface area contributed by atoms with Crippen LogP contribution in [0.3, 0.4) is 0 Å². The maximum absolute atomic E-state index is 4.59. The Hall–Kier alpha value is -2.26. The van der Waals surface area contributed by atoms with E-state index in [4.69, 9.17) is 0 Å². The van der Waals surface area contributed by atoms with Crippen molar-refractivity contribution in [2.24, 2.45) is 0 Å². The highest BCUT2D eigenvalue weighted by Gasteiger charge is 2.17. The lowest BCUT2D eigenvalue weighted by Crippen LogP contribution is -2.19. The highest BCUT2D eigenvalue weighted by molar-refractivity contribution is 5.85. The molecule has 106 valence electrons. The fourth-order valence-electron chi connectivity index (χ4n) is 2.85. The maximum atomic E-state index is 4.59. The van der Waals surface area contributed by atoms with E-state index in [0.29, 0.717) is 0 Å². The topological polar surface area (TPSA) is 37.8 Å². The summed E-state index contributed by atoms with van der Waals surface area (Å²) < 4.78 is 0. The van der Waals surface area contributed by atoms with Gasteiger partial charge >= 0.3 is 0 Å². The fraction of sp³-hybridized carbons (Fsp3) is 0.222. The van der Waals surface area contributed by atoms with Gasteiger partial charge in [0.05, 0.1) is 6.04 Å². The number of pyridine rings is 2. The SMILES string of the molecule is CNC(c1ccc(C)nc1C)c1cncc2ccccc12. The first kappa shape index (κ1) is 13.7. The summed E-state index contributed by atoms with van der Waals surface area (Å²) >= 11 is 0. The van der Waals surface area contributed by atoms with Gasteiger partial charge in [-0.3, -0.25) is 9.97 Å². The molecule has 3 heteroatoms. The molecule has 3 nitrogen and oxygen atoms in total. The first-order valence-electron chi connectivity index (χ1n) is 7.15. The lowest BCUT2D eigenvalue weighted by atomic mass is 9.95. The second-order valence-electron chi connectivity index (χ2n) is 5.30. The number of aromatic nitrogens is 2. The molecule has 0 bridgehead atoms. The third-order valence-corrected chi connectivity index (χ3v) is 3.88. The van der Waals surface area contributed by atoms with Crippen LogP contribution >= 0.6 is 0 Å². The minimum absolute atomic E-state index is 0.0942. The molecule has 0 aliphatic heterocycles. The van der Waals surface area contributed by atoms with Crippen LogP contribution in [0.25, 0.3) is 10.8 Å². The van der Waals surface area contributed by atoms with E-state index in [9.17, 15) is 0 Å². The fourth-order valence-corrected chi connectivity index (χ4v) is 2.85. The van der Waals surface area contributed by atoms with E-state index in [0.717, 1.165) is 16.8 Å². The van der Waals surface area contributed by atoms with Crippen LogP contribution in [0.1, 0.15) is 28.6 Å². The summed E-state index contributed by atoms with van der Waals surface area (Å²) in [7, 11) is 1.98. The third-order valence-electron chi connectivity index (χ3n) is 3.88. The van der Waals surface area contributed by atoms with Crippen LogP contribution in [-0.2, 0) is 0 Å². The van der Waals surface area contributed by atoms with Crippen molar-refractivity contribution in [3.8, 4) is 0 Å². The first-order chi connectivity index (χ1) is 10.2. The minimum atomic E-state index is 0.0942. The molecule has 0 spiro atoms. The summed E-state index contributed by atoms with van der Waals surface area (Å²) in [6, 6.07) is 12.7. The zero-order valence-corrected chi connectivity index (χ0v) is 12.6. The lowest BCUT2D eigenvalue weighted by Gasteiger charge is -2.20. The minimum Gasteiger partial charge on any atom is -0.309 e. The van der Waals surface area contributed by atoms with E-state index in [2.05, 4.69) is 52.5 Å². The number of nitrogens with one attached hydrogen (secondary N) is 1. The van der Waals surface area contributed by atoms with Crippen molar-refractivity contribution in [1.29, 1.82) is 0 Å². The van der Waals surface area contributed by atoms with E-state index in [1.165, 1.54) is 16.5 Å². The van der Waals surface area contributed by atoms with Gasteiger partial charge < -0.3 is 5.32 Å². The molecular weight excluding hydrogens is 258 g/mol. The van der Waals surface area contributed by atoms with Crippen molar-refractivity contribution >= 4 is 10.8 Å². The Labute approximate surface area is 125 Å². The van der Waals surface area contributed by atoms with Crippen molar-refractivity contribution in [3.63, 3.8) is 0 Å². The summed E-state index contributed by atoms with van der Waals surface area (Å²) in [5.41, 5.74) is 4.48. The summed E-state index contributed by atoms with van der Waals surface area (Å²) in [4.78, 5) is 8.98. The summed E-state index contributed by atoms with van der Waals surface area (Å²) in [5.74, 6) is 0. The van der Waals surface area contributed by atoms with Crippen molar-refractivity contribution in [2.45, 2.75) is 19.9 Å². The van der Waals surface area contributed by atoms with Gasteiger partial charge in [0.25, 0.3) is 0 Å². The Morgan fingerprint density at radius 3 is 2.52 bits per heavy atom. The van der Waals surface area contributed by atoms with Crippen LogP contribution in [-0.4, -0.2) is 17.0 Å². The van der Waals surface area contributed by atoms with Crippen LogP contribution in [0.15, 0.2) is 48.8 Å². The molecule has 3 rings (SSSR count). The highest BCUT2D eigenvalue weighted by atomic mass is 14.9. The van der Waals surface area contributed by atoms with E-state index in [1.807, 2.05) is 32.4 Å². The van der Waals surface area contributed by atoms with Crippen molar-refractivity contribution < 1.29 is 0 Å². The van der Waals surface area contributed by atoms with Crippen molar-refractivity contribution in [2.75, 3.05) is 7.05 Å². The Balaban J connectivity index is 2.18. The molecule has 0 radical (unpaired) electrons. The molecule has 0 amide bonds. The molecule has 2 aromatic heterocycles. The molecule has 0 aliphatic carbocycles. The number of fused-ring (bicyclic) bond motifs is 1. The zero-order chi connectivity index (χ0) is 14.8. The summed E-state index contributed by atoms with van der Waals surface area (Å²) in [5, 5.41) is 5.80. The Kier molecular flexibility index (Phi) is 3.67. The molecule has 0 fully saturated rings. The molecule has 0 saturated carbocycles. The largest absolute Gasteiger partial charge is 0.309 e. The van der Waals surface area contributed by atoms with E-state index in [-0.39, 0.29) is 6.04 Å². The Morgan fingerprint density at radius 1 is 0.952 bits per heavy atom. The van der Waals surface area contributed by atoms with Gasteiger partial charge in [0, 0.05) is 29.2 Å². The van der Waals surface area contributed by atoms with Gasteiger partial charge in [-0.1, -0.05) is 30.3 Å². The molecule has 2 heterocycles. The average Bonchev–Trinajstić information content (AvgIpc) is 2.50. The van der Waals surface area contributed by atoms with Crippen molar-refractivity contribution in [1.82, 2.24) is 15.3 Å². The Bertz CT molecular complexity index is 775. The maximum Gasteiger partial charge on any atom is 0.0613 e. The predicted octanol–water partition coefficient (Wildman–Crippen LogP) is 3.56. The monoisotopic (exact) mass is 277 g/mol. The number of hydrogen-bond donors (Lipinski definition) is 1. The van der Waals surface area contributed by atoms with Crippen molar-refractivity contribution in [3.05, 3.63) is 71.3 Å². The first-order valence-corrected chi connectivity index (χ1v) is 7.15. The van der Waals surface area contributed by atoms with Gasteiger partial charge in [-0.25, -0.2) is 0 Å². The zero-order valence-electron chi connectivity index (χ0n) is 12.6. The molecule has 3 aromatic rings. The molecule has 0 aliphatic rings. The van der Waals surface area contributed by atoms with Gasteiger partial charge in [-0.05, 0) is 43.5 Å². The molecule has 21 heavy (non-hydrogen) atoms. The standard InChI is InChI=1S/C18H19N3/c1-12-8-9-15(13(2)21-12)18(19-3)17-11-20-10-14-6-4-5-7-16(14)17/h4-11,18-19H,1-3H3. The second-order valence-corrected chi connectivity index (χ2v) is 5.30. The molecule has 1 N–H and O–H groups in total. The number of benzene rings is 1. The van der Waals surface area contributed by atoms with Crippen LogP contribution < -0.4 is 5.32 Å². The van der Waals surface area contributed by atoms with E-state index in [1.54, 1.807) is 0 Å². The predicted molar refractivity (Wildman–Crippen MR) is 86.4 cm³/mol. The van der Waals surface area contributed by atoms with E-state index >= 15 is 0 Å². The Morgan fingerprint density at radius 2 is 1.76 bits per heavy atom. The number of aryl methyl sites for hydroxylation is 2. The van der Waals surface area contributed by atoms with Crippen LogP contribution in [0.4, 0.5) is 0 Å². The van der Waals surface area contributed by atoms with Gasteiger partial charge in [0.2, 0.25) is 0 Å². The number of nitrogens with zero attached hydrogens (tertiary/aromatic N) is 2. The summed E-state index contributed by atoms with van der Waals surface area (Å²) in [6.07, 6.45) is 3.86. The molecule has 1 atom stereocenters. The van der Waals surface area contributed by atoms with Gasteiger partial charge in [0.1, 0.15) is 0 Å². The van der Waals surface area contributed by atoms with Crippen LogP contribution in [0.5, 0.6) is 0 Å². The van der Waals surface area contributed by atoms with Gasteiger partial charge in [-0.2, -0.15) is 0 Å². The normalized spacial score (nSPS) is 12.5. The second kappa shape index (κ2) is 5.62. The smallest absolute Gasteiger partial charge is 0.0613 e. The molecule has 1 aromatic carbocycles. The van der Waals surface area contributed by atoms with Gasteiger partial charge in [-0.15, -0.1) is 0 Å². The highest BCUT2D eigenvalue weighted by Crippen LogP contribution is 2.29. The number of hydrogen-bond acceptors (Lipinski definition) is 3. The lowest BCUT2D eigenvalue weighted by molar-refractivity contribution is 0.684. The van der Waals surface area contributed by atoms with Crippen LogP contribution in [0.2, 0.25) is 0 Å². The average molecular weight is 277 g/mol. The summed E-state index contributed by atoms with van der Waals surface area (Å²) in [6.45, 7) is 4.08. The van der Waals surface area contributed by atoms with Gasteiger partial charge in [0.15, 0.2) is 0 Å². The molecular formula is C18H19N3. The van der Waals surface area contributed by atoms with Crippen LogP contribution in [0, 0.1) is 13.8 Å². The number of rotatable bonds is 3. The molecule has 1 unspecified atom stereocenters. The quantitative estimate of drug-likeness (QED) is 0.795. The van der Waals surface area contributed by atoms with E-state index < -0.39 is 0 Å². The third kappa shape index (κ3) is 2.52.